The molecule has 0 aromatic carbocycles. The molecular formula is AgBaCaCuHgO5Tl. The zero-order valence-electron chi connectivity index (χ0n) is 5.34. The molecule has 61 valence electrons. The van der Waals surface area contributed by atoms with Crippen LogP contribution in [0.2, 0.25) is 0 Å². The van der Waals surface area contributed by atoms with Gasteiger partial charge in [-0.15, -0.1) is 0 Å². The monoisotopic (exact) mass is 835 g/mol. The Hall–Kier alpha value is 5.75. The average molecular weight is 834 g/mol. The molecule has 0 rings (SSSR count). The fourth-order valence-electron chi connectivity index (χ4n) is 0. The van der Waals surface area contributed by atoms with Crippen molar-refractivity contribution in [2.75, 3.05) is 0 Å². The summed E-state index contributed by atoms with van der Waals surface area (Å²) in [4.78, 5) is 0. The van der Waals surface area contributed by atoms with Crippen LogP contribution in [0, 0.1) is 0 Å². The van der Waals surface area contributed by atoms with E-state index in [0.717, 1.165) is 0 Å². The van der Waals surface area contributed by atoms with E-state index < -0.39 is 0 Å². The zero-order chi connectivity index (χ0) is 0. The smallest absolute Gasteiger partial charge is 2.00 e. The SMILES string of the molecule is [Ag+].[Ba+2].[Ca+2].[Cu+2].[Hg+2].[O-2].[O-2].[O-2].[O-2].[O-2].[Tl+]. The number of rotatable bonds is 0. The topological polar surface area (TPSA) is 142 Å². The Morgan fingerprint density at radius 1 is 0.636 bits per heavy atom. The summed E-state index contributed by atoms with van der Waals surface area (Å²) in [5.74, 6) is 0. The van der Waals surface area contributed by atoms with Crippen LogP contribution in [0.5, 0.6) is 0 Å². The van der Waals surface area contributed by atoms with Crippen molar-refractivity contribution >= 4 is 114 Å². The van der Waals surface area contributed by atoms with Gasteiger partial charge in [-0.2, -0.15) is 0 Å². The molecule has 0 atom stereocenters. The average Bonchev–Trinajstić information content (AvgIpc) is 0. The van der Waals surface area contributed by atoms with Gasteiger partial charge in [0.05, 0.1) is 0 Å². The maximum Gasteiger partial charge on any atom is 2.00 e. The zero-order valence-corrected chi connectivity index (χ0v) is 24.4. The maximum atomic E-state index is 0. The van der Waals surface area contributed by atoms with E-state index in [-0.39, 0.29) is 208 Å². The molecule has 0 aliphatic carbocycles. The molecule has 11 heavy (non-hydrogen) atoms. The van der Waals surface area contributed by atoms with E-state index in [4.69, 9.17) is 0 Å². The van der Waals surface area contributed by atoms with Gasteiger partial charge in [-0.25, -0.2) is 0 Å². The number of hydrogen-bond donors (Lipinski definition) is 0. The van der Waals surface area contributed by atoms with Crippen molar-refractivity contribution < 1.29 is 94.5 Å². The standard InChI is InChI=1S/Ag.Ba.Ca.Cu.Hg.5O.Tl/q+1;4*+2;5*-2;+1. The third-order valence-corrected chi connectivity index (χ3v) is 0. The van der Waals surface area contributed by atoms with E-state index in [1.165, 1.54) is 0 Å². The van der Waals surface area contributed by atoms with Crippen molar-refractivity contribution in [3.63, 3.8) is 0 Å². The largest absolute Gasteiger partial charge is 2.00 e. The number of hydrogen-bond acceptors (Lipinski definition) is 0. The van der Waals surface area contributed by atoms with Gasteiger partial charge in [0.15, 0.2) is 0 Å². The predicted molar refractivity (Wildman–Crippen MR) is 20.7 cm³/mol. The van der Waals surface area contributed by atoms with Crippen molar-refractivity contribution in [2.45, 2.75) is 0 Å². The van der Waals surface area contributed by atoms with Crippen LogP contribution < -0.4 is 0 Å². The first-order chi connectivity index (χ1) is 0. The van der Waals surface area contributed by atoms with Gasteiger partial charge in [-0.1, -0.05) is 0 Å². The first kappa shape index (κ1) is 126. The van der Waals surface area contributed by atoms with Crippen LogP contribution in [-0.4, -0.2) is 114 Å². The van der Waals surface area contributed by atoms with Gasteiger partial charge in [-0.05, 0) is 0 Å². The van der Waals surface area contributed by atoms with Crippen molar-refractivity contribution in [2.24, 2.45) is 0 Å². The second-order valence-electron chi connectivity index (χ2n) is 0. The van der Waals surface area contributed by atoms with Crippen molar-refractivity contribution in [1.29, 1.82) is 0 Å². The molecule has 0 saturated heterocycles. The molecule has 0 heterocycles. The van der Waals surface area contributed by atoms with Crippen molar-refractivity contribution in [1.82, 2.24) is 0 Å². The summed E-state index contributed by atoms with van der Waals surface area (Å²) in [5, 5.41) is 0. The molecule has 0 aliphatic heterocycles. The Bertz CT molecular complexity index is 26.4. The first-order valence-corrected chi connectivity index (χ1v) is 0. The third kappa shape index (κ3) is 90.1. The normalized spacial score (nSPS) is 0. The summed E-state index contributed by atoms with van der Waals surface area (Å²) in [7, 11) is 0. The molecule has 0 fully saturated rings. The molecule has 11 heteroatoms. The van der Waals surface area contributed by atoms with Crippen LogP contribution in [0.15, 0.2) is 0 Å². The molecule has 0 aromatic heterocycles. The quantitative estimate of drug-likeness (QED) is 0.256. The molecule has 0 aliphatic rings. The molecule has 0 bridgehead atoms. The van der Waals surface area contributed by atoms with Gasteiger partial charge in [0, 0.05) is 0 Å². The Kier molecular flexibility index (Phi) is 1180. The van der Waals surface area contributed by atoms with Gasteiger partial charge in [0.1, 0.15) is 0 Å². The summed E-state index contributed by atoms with van der Waals surface area (Å²) < 4.78 is 0. The Balaban J connectivity index is 0. The van der Waals surface area contributed by atoms with Crippen LogP contribution in [0.1, 0.15) is 0 Å². The molecule has 0 aromatic rings. The van der Waals surface area contributed by atoms with Gasteiger partial charge in [0.2, 0.25) is 0 Å². The molecule has 0 N–H and O–H groups in total. The summed E-state index contributed by atoms with van der Waals surface area (Å²) >= 11 is 0. The summed E-state index contributed by atoms with van der Waals surface area (Å²) in [6.45, 7) is 0. The Morgan fingerprint density at radius 3 is 0.636 bits per heavy atom. The Labute approximate surface area is 203 Å². The van der Waals surface area contributed by atoms with Crippen LogP contribution in [0.4, 0.5) is 0 Å². The third-order valence-electron chi connectivity index (χ3n) is 0. The summed E-state index contributed by atoms with van der Waals surface area (Å²) in [6, 6.07) is 0. The van der Waals surface area contributed by atoms with Crippen LogP contribution in [-0.2, 0) is 94.5 Å². The van der Waals surface area contributed by atoms with E-state index in [1.54, 1.807) is 0 Å². The van der Waals surface area contributed by atoms with Crippen LogP contribution >= 0.6 is 0 Å². The van der Waals surface area contributed by atoms with Crippen molar-refractivity contribution in [3.05, 3.63) is 0 Å². The summed E-state index contributed by atoms with van der Waals surface area (Å²) in [5.41, 5.74) is 0. The minimum absolute atomic E-state index is 0. The van der Waals surface area contributed by atoms with Gasteiger partial charge in [0.25, 0.3) is 0 Å². The Morgan fingerprint density at radius 2 is 0.636 bits per heavy atom. The van der Waals surface area contributed by atoms with Crippen LogP contribution in [0.3, 0.4) is 0 Å². The molecule has 0 saturated carbocycles. The second kappa shape index (κ2) is 104. The van der Waals surface area contributed by atoms with Crippen molar-refractivity contribution in [3.8, 4) is 0 Å². The molecule has 0 spiro atoms. The van der Waals surface area contributed by atoms with Gasteiger partial charge in [-0.3, -0.25) is 0 Å². The van der Waals surface area contributed by atoms with Crippen LogP contribution in [0.25, 0.3) is 0 Å². The molecule has 0 unspecified atom stereocenters. The molecule has 5 nitrogen and oxygen atoms in total. The summed E-state index contributed by atoms with van der Waals surface area (Å²) in [6.07, 6.45) is 0. The van der Waals surface area contributed by atoms with E-state index >= 15 is 0 Å². The second-order valence-corrected chi connectivity index (χ2v) is 0. The van der Waals surface area contributed by atoms with E-state index in [9.17, 15) is 0 Å². The van der Waals surface area contributed by atoms with Gasteiger partial charge >= 0.3 is 181 Å². The van der Waals surface area contributed by atoms with E-state index in [2.05, 4.69) is 0 Å². The van der Waals surface area contributed by atoms with Gasteiger partial charge < -0.3 is 27.4 Å². The fraction of sp³-hybridized carbons (Fsp3) is 0. The molecular weight excluding hydrogens is 834 g/mol. The predicted octanol–water partition coefficient (Wildman–Crippen LogP) is -1.74. The maximum absolute atomic E-state index is 0. The minimum Gasteiger partial charge on any atom is -2.00 e. The van der Waals surface area contributed by atoms with E-state index in [0.29, 0.717) is 0 Å². The molecule has 0 amide bonds. The molecule has 1 radical (unpaired) electrons. The fourth-order valence-corrected chi connectivity index (χ4v) is 0. The first-order valence-electron chi connectivity index (χ1n) is 0. The minimum atomic E-state index is 0. The van der Waals surface area contributed by atoms with E-state index in [1.807, 2.05) is 0 Å².